The Hall–Kier alpha value is -2.99. The van der Waals surface area contributed by atoms with Gasteiger partial charge in [0.25, 0.3) is 11.7 Å². The number of methoxy groups -OCH3 is 1. The van der Waals surface area contributed by atoms with Gasteiger partial charge >= 0.3 is 0 Å². The van der Waals surface area contributed by atoms with Crippen LogP contribution in [0.5, 0.6) is 5.75 Å². The third-order valence-corrected chi connectivity index (χ3v) is 7.48. The van der Waals surface area contributed by atoms with Crippen molar-refractivity contribution in [1.29, 1.82) is 0 Å². The Kier molecular flexibility index (Phi) is 7.35. The van der Waals surface area contributed by atoms with Crippen molar-refractivity contribution in [2.24, 2.45) is 0 Å². The number of carbonyl (C=O) groups is 2. The Bertz CT molecular complexity index is 1420. The highest BCUT2D eigenvalue weighted by molar-refractivity contribution is 6.52. The molecule has 5 nitrogen and oxygen atoms in total. The number of benzene rings is 3. The molecule has 4 rings (SSSR count). The fourth-order valence-electron chi connectivity index (χ4n) is 4.47. The summed E-state index contributed by atoms with van der Waals surface area (Å²) in [5.74, 6) is -1.76. The van der Waals surface area contributed by atoms with Gasteiger partial charge in [-0.05, 0) is 53.3 Å². The summed E-state index contributed by atoms with van der Waals surface area (Å²) in [5.41, 5.74) is 2.86. The molecule has 1 fully saturated rings. The van der Waals surface area contributed by atoms with E-state index in [0.717, 1.165) is 5.56 Å². The average Bonchev–Trinajstić information content (AvgIpc) is 3.10. The molecule has 0 spiro atoms. The molecule has 1 saturated heterocycles. The lowest BCUT2D eigenvalue weighted by atomic mass is 9.85. The van der Waals surface area contributed by atoms with Crippen LogP contribution < -0.4 is 9.64 Å². The number of aliphatic hydroxyl groups excluding tert-OH is 1. The number of nitrogens with zero attached hydrogens (tertiary/aromatic N) is 1. The lowest BCUT2D eigenvalue weighted by molar-refractivity contribution is -0.132. The first-order chi connectivity index (χ1) is 17.4. The van der Waals surface area contributed by atoms with Gasteiger partial charge in [0.15, 0.2) is 5.75 Å². The van der Waals surface area contributed by atoms with E-state index in [-0.39, 0.29) is 32.3 Å². The Balaban J connectivity index is 1.98. The maximum Gasteiger partial charge on any atom is 0.300 e. The molecule has 0 aromatic heterocycles. The number of ether oxygens (including phenoxy) is 1. The summed E-state index contributed by atoms with van der Waals surface area (Å²) in [4.78, 5) is 28.3. The van der Waals surface area contributed by atoms with Crippen molar-refractivity contribution in [2.45, 2.75) is 39.2 Å². The van der Waals surface area contributed by atoms with Crippen LogP contribution in [0, 0.1) is 6.92 Å². The van der Waals surface area contributed by atoms with E-state index in [1.54, 1.807) is 25.1 Å². The van der Waals surface area contributed by atoms with Gasteiger partial charge in [-0.2, -0.15) is 0 Å². The second-order valence-electron chi connectivity index (χ2n) is 9.90. The molecule has 3 aromatic carbocycles. The lowest BCUT2D eigenvalue weighted by Gasteiger charge is -2.28. The van der Waals surface area contributed by atoms with E-state index in [4.69, 9.17) is 39.5 Å². The van der Waals surface area contributed by atoms with Crippen molar-refractivity contribution in [3.05, 3.63) is 97.5 Å². The third kappa shape index (κ3) is 4.84. The minimum absolute atomic E-state index is 0.0785. The van der Waals surface area contributed by atoms with Crippen molar-refractivity contribution >= 4 is 57.9 Å². The molecule has 0 saturated carbocycles. The van der Waals surface area contributed by atoms with Crippen LogP contribution in [0.4, 0.5) is 5.69 Å². The Morgan fingerprint density at radius 2 is 1.54 bits per heavy atom. The zero-order valence-electron chi connectivity index (χ0n) is 21.0. The van der Waals surface area contributed by atoms with Crippen LogP contribution in [-0.4, -0.2) is 23.9 Å². The minimum Gasteiger partial charge on any atom is -0.507 e. The normalized spacial score (nSPS) is 17.4. The first-order valence-electron chi connectivity index (χ1n) is 11.6. The van der Waals surface area contributed by atoms with Crippen LogP contribution in [0.25, 0.3) is 5.76 Å². The number of aliphatic hydroxyl groups is 1. The Morgan fingerprint density at radius 3 is 2.08 bits per heavy atom. The molecule has 1 aliphatic rings. The van der Waals surface area contributed by atoms with Crippen molar-refractivity contribution in [1.82, 2.24) is 0 Å². The predicted molar refractivity (Wildman–Crippen MR) is 149 cm³/mol. The van der Waals surface area contributed by atoms with Gasteiger partial charge in [-0.1, -0.05) is 85.9 Å². The summed E-state index contributed by atoms with van der Waals surface area (Å²) in [5, 5.41) is 12.2. The molecule has 1 heterocycles. The van der Waals surface area contributed by atoms with Crippen LogP contribution in [0.2, 0.25) is 15.1 Å². The molecule has 37 heavy (non-hydrogen) atoms. The van der Waals surface area contributed by atoms with Crippen LogP contribution >= 0.6 is 34.8 Å². The SMILES string of the molecule is COc1c(Cl)cc(/C(O)=C2\C(=O)C(=O)N(c3cccc(Cl)c3C)C2c2ccc(C(C)(C)C)cc2)cc1Cl. The third-order valence-electron chi connectivity index (χ3n) is 6.51. The molecular weight excluding hydrogens is 533 g/mol. The molecule has 1 N–H and O–H groups in total. The molecule has 1 aliphatic heterocycles. The number of ketones is 1. The first kappa shape index (κ1) is 27.1. The van der Waals surface area contributed by atoms with E-state index < -0.39 is 23.5 Å². The number of hydrogen-bond donors (Lipinski definition) is 1. The van der Waals surface area contributed by atoms with Crippen molar-refractivity contribution in [3.63, 3.8) is 0 Å². The number of hydrogen-bond acceptors (Lipinski definition) is 4. The zero-order chi connectivity index (χ0) is 27.2. The van der Waals surface area contributed by atoms with Crippen LogP contribution in [0.3, 0.4) is 0 Å². The molecule has 0 aliphatic carbocycles. The van der Waals surface area contributed by atoms with E-state index >= 15 is 0 Å². The van der Waals surface area contributed by atoms with Crippen molar-refractivity contribution in [2.75, 3.05) is 12.0 Å². The highest BCUT2D eigenvalue weighted by Gasteiger charge is 2.47. The molecule has 192 valence electrons. The summed E-state index contributed by atoms with van der Waals surface area (Å²) >= 11 is 19.0. The zero-order valence-corrected chi connectivity index (χ0v) is 23.3. The van der Waals surface area contributed by atoms with Gasteiger partial charge in [0.05, 0.1) is 28.8 Å². The smallest absolute Gasteiger partial charge is 0.300 e. The van der Waals surface area contributed by atoms with E-state index in [0.29, 0.717) is 21.8 Å². The number of amides is 1. The first-order valence-corrected chi connectivity index (χ1v) is 12.7. The molecule has 1 amide bonds. The predicted octanol–water partition coefficient (Wildman–Crippen LogP) is 7.89. The Labute approximate surface area is 231 Å². The quantitative estimate of drug-likeness (QED) is 0.201. The average molecular weight is 559 g/mol. The standard InChI is InChI=1S/C29H26Cl3NO4/c1-15-19(30)7-6-8-22(15)33-24(16-9-11-18(12-10-16)29(2,3)4)23(26(35)28(33)36)25(34)17-13-20(31)27(37-5)21(32)14-17/h6-14,24,34H,1-5H3/b25-23+. The summed E-state index contributed by atoms with van der Waals surface area (Å²) < 4.78 is 5.20. The maximum atomic E-state index is 13.5. The second-order valence-corrected chi connectivity index (χ2v) is 11.1. The number of carbonyl (C=O) groups excluding carboxylic acids is 2. The van der Waals surface area contributed by atoms with E-state index in [1.165, 1.54) is 24.1 Å². The van der Waals surface area contributed by atoms with Gasteiger partial charge in [-0.25, -0.2) is 0 Å². The molecular formula is C29H26Cl3NO4. The maximum absolute atomic E-state index is 13.5. The minimum atomic E-state index is -0.911. The molecule has 0 bridgehead atoms. The molecule has 3 aromatic rings. The molecule has 1 atom stereocenters. The van der Waals surface area contributed by atoms with Crippen LogP contribution in [0.15, 0.2) is 60.2 Å². The number of rotatable bonds is 4. The number of halogens is 3. The second kappa shape index (κ2) is 10.1. The summed E-state index contributed by atoms with van der Waals surface area (Å²) in [6.45, 7) is 8.07. The van der Waals surface area contributed by atoms with Crippen molar-refractivity contribution in [3.8, 4) is 5.75 Å². The monoisotopic (exact) mass is 557 g/mol. The van der Waals surface area contributed by atoms with E-state index in [1.807, 2.05) is 24.3 Å². The van der Waals surface area contributed by atoms with Crippen molar-refractivity contribution < 1.29 is 19.4 Å². The fraction of sp³-hybridized carbons (Fsp3) is 0.241. The fourth-order valence-corrected chi connectivity index (χ4v) is 5.28. The largest absolute Gasteiger partial charge is 0.507 e. The summed E-state index contributed by atoms with van der Waals surface area (Å²) in [6.07, 6.45) is 0. The van der Waals surface area contributed by atoms with Gasteiger partial charge in [-0.15, -0.1) is 0 Å². The topological polar surface area (TPSA) is 66.8 Å². The van der Waals surface area contributed by atoms with Crippen LogP contribution in [0.1, 0.15) is 49.1 Å². The van der Waals surface area contributed by atoms with Gasteiger partial charge in [-0.3, -0.25) is 14.5 Å². The summed E-state index contributed by atoms with van der Waals surface area (Å²) in [6, 6.07) is 14.8. The molecule has 1 unspecified atom stereocenters. The van der Waals surface area contributed by atoms with E-state index in [2.05, 4.69) is 20.8 Å². The Morgan fingerprint density at radius 1 is 0.946 bits per heavy atom. The highest BCUT2D eigenvalue weighted by atomic mass is 35.5. The van der Waals surface area contributed by atoms with Gasteiger partial charge in [0.2, 0.25) is 0 Å². The lowest BCUT2D eigenvalue weighted by Crippen LogP contribution is -2.30. The number of anilines is 1. The van der Waals surface area contributed by atoms with Gasteiger partial charge in [0.1, 0.15) is 5.76 Å². The highest BCUT2D eigenvalue weighted by Crippen LogP contribution is 2.45. The molecule has 0 radical (unpaired) electrons. The van der Waals surface area contributed by atoms with E-state index in [9.17, 15) is 14.7 Å². The number of Topliss-reactive ketones (excluding diaryl/α,β-unsaturated/α-hetero) is 1. The van der Waals surface area contributed by atoms with Gasteiger partial charge < -0.3 is 9.84 Å². The van der Waals surface area contributed by atoms with Crippen LogP contribution in [-0.2, 0) is 15.0 Å². The van der Waals surface area contributed by atoms with Gasteiger partial charge in [0, 0.05) is 16.3 Å². The molecule has 8 heteroatoms. The summed E-state index contributed by atoms with van der Waals surface area (Å²) in [7, 11) is 1.42.